The van der Waals surface area contributed by atoms with E-state index in [0.717, 1.165) is 6.20 Å². The van der Waals surface area contributed by atoms with E-state index in [9.17, 15) is 9.18 Å². The maximum Gasteiger partial charge on any atom is 0.360 e. The van der Waals surface area contributed by atoms with Gasteiger partial charge in [0.15, 0.2) is 5.69 Å². The molecule has 0 saturated heterocycles. The Hall–Kier alpha value is -2.44. The van der Waals surface area contributed by atoms with Crippen LogP contribution >= 0.6 is 0 Å². The van der Waals surface area contributed by atoms with Crippen LogP contribution in [0.15, 0.2) is 18.3 Å². The Morgan fingerprint density at radius 2 is 2.26 bits per heavy atom. The van der Waals surface area contributed by atoms with Gasteiger partial charge in [-0.2, -0.15) is 0 Å². The number of ether oxygens (including phenoxy) is 1. The average molecular weight is 264 g/mol. The molecule has 0 unspecified atom stereocenters. The molecule has 0 radical (unpaired) electrons. The molecule has 0 aliphatic carbocycles. The smallest absolute Gasteiger partial charge is 0.360 e. The SMILES string of the molecule is CCc1nc(C(=O)OC)c(N)n1-c1ccc(F)cn1. The molecule has 2 aromatic rings. The van der Waals surface area contributed by atoms with E-state index in [-0.39, 0.29) is 11.5 Å². The van der Waals surface area contributed by atoms with Gasteiger partial charge in [0.2, 0.25) is 0 Å². The summed E-state index contributed by atoms with van der Waals surface area (Å²) in [4.78, 5) is 19.6. The van der Waals surface area contributed by atoms with Gasteiger partial charge >= 0.3 is 5.97 Å². The van der Waals surface area contributed by atoms with Gasteiger partial charge in [-0.05, 0) is 12.1 Å². The van der Waals surface area contributed by atoms with Crippen LogP contribution in [0.2, 0.25) is 0 Å². The lowest BCUT2D eigenvalue weighted by Gasteiger charge is -2.07. The summed E-state index contributed by atoms with van der Waals surface area (Å²) < 4.78 is 19.0. The van der Waals surface area contributed by atoms with Crippen molar-refractivity contribution in [2.45, 2.75) is 13.3 Å². The molecule has 0 amide bonds. The molecule has 19 heavy (non-hydrogen) atoms. The first-order chi connectivity index (χ1) is 9.08. The monoisotopic (exact) mass is 264 g/mol. The summed E-state index contributed by atoms with van der Waals surface area (Å²) in [5.41, 5.74) is 5.93. The predicted molar refractivity (Wildman–Crippen MR) is 66.4 cm³/mol. The molecule has 0 fully saturated rings. The number of anilines is 1. The molecule has 2 heterocycles. The van der Waals surface area contributed by atoms with Crippen molar-refractivity contribution in [2.24, 2.45) is 0 Å². The van der Waals surface area contributed by atoms with Gasteiger partial charge in [-0.15, -0.1) is 0 Å². The lowest BCUT2D eigenvalue weighted by Crippen LogP contribution is -2.09. The van der Waals surface area contributed by atoms with Gasteiger partial charge in [0, 0.05) is 6.42 Å². The maximum atomic E-state index is 12.9. The van der Waals surface area contributed by atoms with Crippen molar-refractivity contribution in [3.63, 3.8) is 0 Å². The molecule has 0 aliphatic heterocycles. The number of pyridine rings is 1. The fraction of sp³-hybridized carbons (Fsp3) is 0.250. The first kappa shape index (κ1) is 13.0. The van der Waals surface area contributed by atoms with Gasteiger partial charge in [0.05, 0.1) is 13.3 Å². The number of carbonyl (C=O) groups excluding carboxylic acids is 1. The van der Waals surface area contributed by atoms with Crippen LogP contribution in [0.1, 0.15) is 23.2 Å². The highest BCUT2D eigenvalue weighted by molar-refractivity contribution is 5.92. The van der Waals surface area contributed by atoms with Gasteiger partial charge < -0.3 is 10.5 Å². The standard InChI is InChI=1S/C12H13FN4O2/c1-3-8-16-10(12(18)19-2)11(14)17(8)9-5-4-7(13)6-15-9/h4-6H,3,14H2,1-2H3. The molecule has 2 aromatic heterocycles. The van der Waals surface area contributed by atoms with Crippen molar-refractivity contribution in [1.29, 1.82) is 0 Å². The summed E-state index contributed by atoms with van der Waals surface area (Å²) >= 11 is 0. The highest BCUT2D eigenvalue weighted by atomic mass is 19.1. The van der Waals surface area contributed by atoms with Crippen LogP contribution in [0.5, 0.6) is 0 Å². The topological polar surface area (TPSA) is 83.0 Å². The van der Waals surface area contributed by atoms with Crippen molar-refractivity contribution in [3.05, 3.63) is 35.7 Å². The number of esters is 1. The van der Waals surface area contributed by atoms with E-state index in [0.29, 0.717) is 18.1 Å². The minimum atomic E-state index is -0.618. The number of hydrogen-bond donors (Lipinski definition) is 1. The highest BCUT2D eigenvalue weighted by Gasteiger charge is 2.21. The van der Waals surface area contributed by atoms with E-state index in [2.05, 4.69) is 14.7 Å². The molecular formula is C12H13FN4O2. The molecule has 0 saturated carbocycles. The van der Waals surface area contributed by atoms with E-state index >= 15 is 0 Å². The van der Waals surface area contributed by atoms with Crippen molar-refractivity contribution >= 4 is 11.8 Å². The molecule has 0 bridgehead atoms. The molecule has 0 atom stereocenters. The summed E-state index contributed by atoms with van der Waals surface area (Å²) in [6.45, 7) is 1.86. The van der Waals surface area contributed by atoms with Crippen LogP contribution in [0.25, 0.3) is 5.82 Å². The third-order valence-electron chi connectivity index (χ3n) is 2.62. The number of hydrogen-bond acceptors (Lipinski definition) is 5. The second kappa shape index (κ2) is 5.05. The zero-order valence-corrected chi connectivity index (χ0v) is 10.6. The van der Waals surface area contributed by atoms with E-state index in [1.165, 1.54) is 23.8 Å². The molecule has 7 heteroatoms. The molecule has 0 spiro atoms. The second-order valence-corrected chi connectivity index (χ2v) is 3.78. The van der Waals surface area contributed by atoms with Crippen LogP contribution in [-0.4, -0.2) is 27.6 Å². The Morgan fingerprint density at radius 1 is 1.53 bits per heavy atom. The summed E-state index contributed by atoms with van der Waals surface area (Å²) in [6.07, 6.45) is 1.62. The maximum absolute atomic E-state index is 12.9. The fourth-order valence-electron chi connectivity index (χ4n) is 1.72. The summed E-state index contributed by atoms with van der Waals surface area (Å²) in [5.74, 6) is 0.0138. The zero-order valence-electron chi connectivity index (χ0n) is 10.6. The minimum absolute atomic E-state index is 0.0328. The zero-order chi connectivity index (χ0) is 14.0. The summed E-state index contributed by atoms with van der Waals surface area (Å²) in [5, 5.41) is 0. The first-order valence-electron chi connectivity index (χ1n) is 5.65. The predicted octanol–water partition coefficient (Wildman–Crippen LogP) is 1.34. The van der Waals surface area contributed by atoms with Gasteiger partial charge in [0.25, 0.3) is 0 Å². The van der Waals surface area contributed by atoms with Crippen LogP contribution in [0, 0.1) is 5.82 Å². The number of methoxy groups -OCH3 is 1. The van der Waals surface area contributed by atoms with Crippen molar-refractivity contribution in [1.82, 2.24) is 14.5 Å². The van der Waals surface area contributed by atoms with Crippen molar-refractivity contribution < 1.29 is 13.9 Å². The van der Waals surface area contributed by atoms with Crippen LogP contribution in [0.3, 0.4) is 0 Å². The summed E-state index contributed by atoms with van der Waals surface area (Å²) in [6, 6.07) is 2.73. The normalized spacial score (nSPS) is 10.5. The fourth-order valence-corrected chi connectivity index (χ4v) is 1.72. The van der Waals surface area contributed by atoms with Crippen molar-refractivity contribution in [2.75, 3.05) is 12.8 Å². The number of imidazole rings is 1. The molecular weight excluding hydrogens is 251 g/mol. The molecule has 100 valence electrons. The van der Waals surface area contributed by atoms with Gasteiger partial charge in [-0.3, -0.25) is 4.57 Å². The summed E-state index contributed by atoms with van der Waals surface area (Å²) in [7, 11) is 1.25. The quantitative estimate of drug-likeness (QED) is 0.846. The Labute approximate surface area is 109 Å². The lowest BCUT2D eigenvalue weighted by atomic mass is 10.4. The average Bonchev–Trinajstić information content (AvgIpc) is 2.76. The number of nitrogens with zero attached hydrogens (tertiary/aromatic N) is 3. The number of nitrogens with two attached hydrogens (primary N) is 1. The van der Waals surface area contributed by atoms with E-state index in [1.807, 2.05) is 6.92 Å². The lowest BCUT2D eigenvalue weighted by molar-refractivity contribution is 0.0596. The molecule has 2 N–H and O–H groups in total. The Bertz CT molecular complexity index is 607. The number of rotatable bonds is 3. The molecule has 2 rings (SSSR count). The third kappa shape index (κ3) is 2.26. The van der Waals surface area contributed by atoms with E-state index < -0.39 is 11.8 Å². The molecule has 0 aliphatic rings. The van der Waals surface area contributed by atoms with Gasteiger partial charge in [-0.1, -0.05) is 6.92 Å². The van der Waals surface area contributed by atoms with Gasteiger partial charge in [-0.25, -0.2) is 19.2 Å². The van der Waals surface area contributed by atoms with Gasteiger partial charge in [0.1, 0.15) is 23.3 Å². The number of nitrogen functional groups attached to an aromatic ring is 1. The first-order valence-corrected chi connectivity index (χ1v) is 5.65. The van der Waals surface area contributed by atoms with Crippen LogP contribution in [0.4, 0.5) is 10.2 Å². The highest BCUT2D eigenvalue weighted by Crippen LogP contribution is 2.20. The van der Waals surface area contributed by atoms with E-state index in [4.69, 9.17) is 5.73 Å². The number of aromatic nitrogens is 3. The number of carbonyl (C=O) groups is 1. The third-order valence-corrected chi connectivity index (χ3v) is 2.62. The Balaban J connectivity index is 2.59. The molecule has 0 aromatic carbocycles. The number of aryl methyl sites for hydroxylation is 1. The van der Waals surface area contributed by atoms with Crippen molar-refractivity contribution in [3.8, 4) is 5.82 Å². The van der Waals surface area contributed by atoms with Crippen LogP contribution in [-0.2, 0) is 11.2 Å². The van der Waals surface area contributed by atoms with Crippen LogP contribution < -0.4 is 5.73 Å². The molecule has 6 nitrogen and oxygen atoms in total. The second-order valence-electron chi connectivity index (χ2n) is 3.78. The number of halogens is 1. The minimum Gasteiger partial charge on any atom is -0.464 e. The largest absolute Gasteiger partial charge is 0.464 e. The Morgan fingerprint density at radius 3 is 2.79 bits per heavy atom. The van der Waals surface area contributed by atoms with E-state index in [1.54, 1.807) is 0 Å². The Kier molecular flexibility index (Phi) is 3.46.